The number of nitrogens with one attached hydrogen (secondary N) is 1. The fourth-order valence-electron chi connectivity index (χ4n) is 5.33. The number of aromatic nitrogens is 1. The van der Waals surface area contributed by atoms with E-state index in [1.807, 2.05) is 85.8 Å². The number of fused-ring (bicyclic) bond motifs is 1. The number of carbonyl (C=O) groups excluding carboxylic acids is 1. The molecule has 0 radical (unpaired) electrons. The molecule has 244 valence electrons. The largest absolute Gasteiger partial charge is 0.494 e. The molecule has 0 fully saturated rings. The number of thiazole rings is 1. The van der Waals surface area contributed by atoms with Gasteiger partial charge in [0.25, 0.3) is 11.5 Å². The van der Waals surface area contributed by atoms with Gasteiger partial charge in [0.2, 0.25) is 0 Å². The average molecular weight is 922 g/mol. The first-order valence-corrected chi connectivity index (χ1v) is 18.5. The van der Waals surface area contributed by atoms with E-state index in [4.69, 9.17) is 37.7 Å². The Balaban J connectivity index is 1.45. The minimum absolute atomic E-state index is 0.256. The van der Waals surface area contributed by atoms with Crippen molar-refractivity contribution < 1.29 is 14.3 Å². The van der Waals surface area contributed by atoms with Gasteiger partial charge in [0.05, 0.1) is 42.1 Å². The topological polar surface area (TPSA) is 81.9 Å². The molecule has 48 heavy (non-hydrogen) atoms. The van der Waals surface area contributed by atoms with E-state index in [9.17, 15) is 9.59 Å². The number of hydrogen-bond donors (Lipinski definition) is 1. The minimum atomic E-state index is -0.718. The molecule has 7 nitrogen and oxygen atoms in total. The highest BCUT2D eigenvalue weighted by Crippen LogP contribution is 2.33. The predicted molar refractivity (Wildman–Crippen MR) is 209 cm³/mol. The van der Waals surface area contributed by atoms with Crippen LogP contribution < -0.4 is 29.7 Å². The van der Waals surface area contributed by atoms with Crippen LogP contribution >= 0.6 is 79.7 Å². The molecule has 2 heterocycles. The van der Waals surface area contributed by atoms with E-state index in [1.165, 1.54) is 11.3 Å². The quantitative estimate of drug-likeness (QED) is 0.151. The Morgan fingerprint density at radius 1 is 1.00 bits per heavy atom. The third-order valence-electron chi connectivity index (χ3n) is 7.50. The van der Waals surface area contributed by atoms with Gasteiger partial charge in [0, 0.05) is 14.8 Å². The maximum absolute atomic E-state index is 14.4. The molecule has 0 saturated heterocycles. The number of ether oxygens (including phenoxy) is 2. The second kappa shape index (κ2) is 15.2. The molecule has 1 aliphatic rings. The summed E-state index contributed by atoms with van der Waals surface area (Å²) in [7, 11) is 0. The van der Waals surface area contributed by atoms with Gasteiger partial charge in [-0.1, -0.05) is 70.9 Å². The summed E-state index contributed by atoms with van der Waals surface area (Å²) in [4.78, 5) is 33.5. The first-order chi connectivity index (χ1) is 23.1. The molecule has 1 atom stereocenters. The zero-order valence-electron chi connectivity index (χ0n) is 25.6. The number of anilines is 1. The molecule has 1 N–H and O–H groups in total. The van der Waals surface area contributed by atoms with Crippen molar-refractivity contribution in [1.82, 2.24) is 4.57 Å². The highest BCUT2D eigenvalue weighted by Gasteiger charge is 2.32. The highest BCUT2D eigenvalue weighted by molar-refractivity contribution is 14.1. The Bertz CT molecular complexity index is 2240. The molecule has 12 heteroatoms. The monoisotopic (exact) mass is 921 g/mol. The number of rotatable bonds is 9. The molecular formula is C36H27Cl2I2N3O4S. The first kappa shape index (κ1) is 34.7. The van der Waals surface area contributed by atoms with Crippen molar-refractivity contribution in [2.24, 2.45) is 4.99 Å². The summed E-state index contributed by atoms with van der Waals surface area (Å²) in [6.07, 6.45) is 1.83. The second-order valence-corrected chi connectivity index (χ2v) is 15.0. The Hall–Kier alpha value is -3.17. The maximum Gasteiger partial charge on any atom is 0.271 e. The molecule has 4 aromatic carbocycles. The Labute approximate surface area is 318 Å². The van der Waals surface area contributed by atoms with Gasteiger partial charge in [-0.05, 0) is 125 Å². The van der Waals surface area contributed by atoms with Gasteiger partial charge in [-0.3, -0.25) is 14.2 Å². The fraction of sp³-hybridized carbons (Fsp3) is 0.139. The SMILES string of the molecule is CCOc1ccc([C@H]2C(C(=O)Nc3ccccc3)=C(C)N=c3s/c(=C\c4cc(I)cc(I)c4OCc4ccc(Cl)c(Cl)c4)c(=O)n32)cc1. The fourth-order valence-corrected chi connectivity index (χ4v) is 8.73. The van der Waals surface area contributed by atoms with Gasteiger partial charge >= 0.3 is 0 Å². The van der Waals surface area contributed by atoms with Crippen molar-refractivity contribution in [2.75, 3.05) is 11.9 Å². The van der Waals surface area contributed by atoms with Crippen LogP contribution in [-0.2, 0) is 11.4 Å². The smallest absolute Gasteiger partial charge is 0.271 e. The number of hydrogen-bond acceptors (Lipinski definition) is 6. The van der Waals surface area contributed by atoms with Gasteiger partial charge in [-0.25, -0.2) is 4.99 Å². The first-order valence-electron chi connectivity index (χ1n) is 14.8. The molecule has 0 unspecified atom stereocenters. The third kappa shape index (κ3) is 7.52. The molecule has 1 aromatic heterocycles. The Morgan fingerprint density at radius 3 is 2.46 bits per heavy atom. The van der Waals surface area contributed by atoms with Crippen molar-refractivity contribution >= 4 is 97.4 Å². The lowest BCUT2D eigenvalue weighted by Gasteiger charge is -2.25. The molecule has 1 aliphatic heterocycles. The van der Waals surface area contributed by atoms with Crippen molar-refractivity contribution in [3.05, 3.63) is 150 Å². The zero-order chi connectivity index (χ0) is 33.9. The second-order valence-electron chi connectivity index (χ2n) is 10.7. The lowest BCUT2D eigenvalue weighted by molar-refractivity contribution is -0.113. The van der Waals surface area contributed by atoms with Crippen LogP contribution in [0.25, 0.3) is 6.08 Å². The molecule has 5 aromatic rings. The van der Waals surface area contributed by atoms with Crippen LogP contribution in [0.5, 0.6) is 11.5 Å². The van der Waals surface area contributed by atoms with Gasteiger partial charge in [-0.2, -0.15) is 0 Å². The summed E-state index contributed by atoms with van der Waals surface area (Å²) in [5, 5.41) is 3.91. The molecule has 0 bridgehead atoms. The molecular weight excluding hydrogens is 895 g/mol. The Kier molecular flexibility index (Phi) is 11.0. The molecule has 0 aliphatic carbocycles. The Morgan fingerprint density at radius 2 is 1.75 bits per heavy atom. The van der Waals surface area contributed by atoms with E-state index in [-0.39, 0.29) is 18.1 Å². The number of benzene rings is 4. The lowest BCUT2D eigenvalue weighted by Crippen LogP contribution is -2.40. The van der Waals surface area contributed by atoms with Crippen molar-refractivity contribution in [1.29, 1.82) is 0 Å². The van der Waals surface area contributed by atoms with Crippen molar-refractivity contribution in [3.8, 4) is 11.5 Å². The number of carbonyl (C=O) groups is 1. The van der Waals surface area contributed by atoms with Crippen molar-refractivity contribution in [2.45, 2.75) is 26.5 Å². The van der Waals surface area contributed by atoms with Gasteiger partial charge in [-0.15, -0.1) is 0 Å². The predicted octanol–water partition coefficient (Wildman–Crippen LogP) is 8.37. The van der Waals surface area contributed by atoms with Crippen LogP contribution in [0.2, 0.25) is 10.0 Å². The number of allylic oxidation sites excluding steroid dienone is 1. The third-order valence-corrected chi connectivity index (χ3v) is 10.6. The van der Waals surface area contributed by atoms with Crippen LogP contribution in [-0.4, -0.2) is 17.1 Å². The van der Waals surface area contributed by atoms with Crippen LogP contribution in [0.15, 0.2) is 106 Å². The standard InChI is InChI=1S/C36H27Cl2I2N3O4S/c1-3-46-26-12-10-22(11-13-26)32-31(34(44)42-25-7-5-4-6-8-25)20(2)41-36-43(32)35(45)30(48-36)17-23-16-24(39)18-29(40)33(23)47-19-21-9-14-27(37)28(38)15-21/h4-18,32H,3,19H2,1-2H3,(H,42,44)/b30-17-/t32-/m0/s1. The normalized spacial score (nSPS) is 14.4. The number of para-hydroxylation sites is 1. The van der Waals surface area contributed by atoms with Gasteiger partial charge < -0.3 is 14.8 Å². The van der Waals surface area contributed by atoms with Gasteiger partial charge in [0.1, 0.15) is 18.1 Å². The van der Waals surface area contributed by atoms with Crippen LogP contribution in [0, 0.1) is 7.14 Å². The summed E-state index contributed by atoms with van der Waals surface area (Å²) < 4.78 is 15.9. The van der Waals surface area contributed by atoms with E-state index in [0.717, 1.165) is 23.8 Å². The number of nitrogens with zero attached hydrogens (tertiary/aromatic N) is 2. The summed E-state index contributed by atoms with van der Waals surface area (Å²) in [6, 6.07) is 25.3. The summed E-state index contributed by atoms with van der Waals surface area (Å²) in [5.74, 6) is 1.00. The minimum Gasteiger partial charge on any atom is -0.494 e. The van der Waals surface area contributed by atoms with Gasteiger partial charge in [0.15, 0.2) is 4.80 Å². The molecule has 0 saturated carbocycles. The van der Waals surface area contributed by atoms with Crippen LogP contribution in [0.4, 0.5) is 5.69 Å². The van der Waals surface area contributed by atoms with E-state index in [0.29, 0.717) is 54.4 Å². The molecule has 0 spiro atoms. The zero-order valence-corrected chi connectivity index (χ0v) is 32.2. The van der Waals surface area contributed by atoms with Crippen LogP contribution in [0.1, 0.15) is 36.6 Å². The maximum atomic E-state index is 14.4. The van der Waals surface area contributed by atoms with E-state index < -0.39 is 6.04 Å². The number of amides is 1. The molecule has 6 rings (SSSR count). The number of halogens is 4. The average Bonchev–Trinajstić information content (AvgIpc) is 3.36. The summed E-state index contributed by atoms with van der Waals surface area (Å²) >= 11 is 18.1. The van der Waals surface area contributed by atoms with E-state index >= 15 is 0 Å². The summed E-state index contributed by atoms with van der Waals surface area (Å²) in [6.45, 7) is 4.50. The highest BCUT2D eigenvalue weighted by atomic mass is 127. The van der Waals surface area contributed by atoms with Crippen LogP contribution in [0.3, 0.4) is 0 Å². The lowest BCUT2D eigenvalue weighted by atomic mass is 9.95. The molecule has 1 amide bonds. The van der Waals surface area contributed by atoms with Crippen molar-refractivity contribution in [3.63, 3.8) is 0 Å². The van der Waals surface area contributed by atoms with E-state index in [1.54, 1.807) is 23.6 Å². The van der Waals surface area contributed by atoms with E-state index in [2.05, 4.69) is 50.5 Å². The summed E-state index contributed by atoms with van der Waals surface area (Å²) in [5.41, 5.74) is 3.66.